The minimum absolute atomic E-state index is 0.150. The summed E-state index contributed by atoms with van der Waals surface area (Å²) in [6.07, 6.45) is -0.150. The highest BCUT2D eigenvalue weighted by Gasteiger charge is 2.23. The molecular formula is C14H21NO2S. The van der Waals surface area contributed by atoms with Gasteiger partial charge in [0.2, 0.25) is 0 Å². The average molecular weight is 267 g/mol. The fourth-order valence-corrected chi connectivity index (χ4v) is 3.27. The first-order valence-electron chi connectivity index (χ1n) is 6.25. The number of fused-ring (bicyclic) bond motifs is 1. The second kappa shape index (κ2) is 6.57. The molecule has 100 valence electrons. The molecule has 1 heterocycles. The zero-order chi connectivity index (χ0) is 13.0. The third kappa shape index (κ3) is 3.26. The van der Waals surface area contributed by atoms with E-state index in [0.29, 0.717) is 6.04 Å². The second-order valence-corrected chi connectivity index (χ2v) is 5.66. The monoisotopic (exact) mass is 267 g/mol. The van der Waals surface area contributed by atoms with Crippen molar-refractivity contribution in [1.82, 2.24) is 4.90 Å². The number of nitrogens with zero attached hydrogens (tertiary/aromatic N) is 1. The molecule has 0 aromatic heterocycles. The molecule has 0 amide bonds. The van der Waals surface area contributed by atoms with Gasteiger partial charge >= 0.3 is 0 Å². The summed E-state index contributed by atoms with van der Waals surface area (Å²) in [6, 6.07) is 9.16. The first-order chi connectivity index (χ1) is 8.74. The fraction of sp³-hybridized carbons (Fsp3) is 0.571. The van der Waals surface area contributed by atoms with Gasteiger partial charge < -0.3 is 9.47 Å². The highest BCUT2D eigenvalue weighted by atomic mass is 32.2. The summed E-state index contributed by atoms with van der Waals surface area (Å²) in [6.45, 7) is 4.04. The van der Waals surface area contributed by atoms with Gasteiger partial charge in [0.15, 0.2) is 6.29 Å². The molecule has 2 rings (SSSR count). The summed E-state index contributed by atoms with van der Waals surface area (Å²) in [4.78, 5) is 3.83. The number of benzene rings is 1. The highest BCUT2D eigenvalue weighted by Crippen LogP contribution is 2.29. The Morgan fingerprint density at radius 2 is 2.06 bits per heavy atom. The Morgan fingerprint density at radius 3 is 2.78 bits per heavy atom. The van der Waals surface area contributed by atoms with Crippen molar-refractivity contribution in [3.8, 4) is 0 Å². The predicted molar refractivity (Wildman–Crippen MR) is 74.8 cm³/mol. The molecule has 1 aromatic carbocycles. The number of methoxy groups -OCH3 is 2. The smallest absolute Gasteiger partial charge is 0.169 e. The lowest BCUT2D eigenvalue weighted by Gasteiger charge is -2.29. The third-order valence-electron chi connectivity index (χ3n) is 3.36. The topological polar surface area (TPSA) is 21.7 Å². The molecule has 3 nitrogen and oxygen atoms in total. The van der Waals surface area contributed by atoms with Crippen LogP contribution in [0.25, 0.3) is 0 Å². The Hall–Kier alpha value is -0.550. The van der Waals surface area contributed by atoms with Crippen LogP contribution < -0.4 is 0 Å². The largest absolute Gasteiger partial charge is 0.355 e. The fourth-order valence-electron chi connectivity index (χ4n) is 2.15. The van der Waals surface area contributed by atoms with Crippen LogP contribution in [-0.4, -0.2) is 43.7 Å². The van der Waals surface area contributed by atoms with Gasteiger partial charge in [0.25, 0.3) is 0 Å². The molecule has 0 fully saturated rings. The van der Waals surface area contributed by atoms with Crippen molar-refractivity contribution in [2.24, 2.45) is 0 Å². The maximum Gasteiger partial charge on any atom is 0.169 e. The van der Waals surface area contributed by atoms with E-state index in [1.165, 1.54) is 10.5 Å². The van der Waals surface area contributed by atoms with E-state index in [0.717, 1.165) is 18.8 Å². The Labute approximate surface area is 113 Å². The summed E-state index contributed by atoms with van der Waals surface area (Å²) < 4.78 is 10.6. The first-order valence-corrected chi connectivity index (χ1v) is 7.23. The number of hydrogen-bond acceptors (Lipinski definition) is 4. The van der Waals surface area contributed by atoms with Crippen LogP contribution in [-0.2, 0) is 16.0 Å². The molecule has 0 spiro atoms. The zero-order valence-electron chi connectivity index (χ0n) is 11.3. The van der Waals surface area contributed by atoms with Gasteiger partial charge in [0.05, 0.1) is 6.54 Å². The summed E-state index contributed by atoms with van der Waals surface area (Å²) in [5, 5.41) is 0. The molecule has 0 saturated carbocycles. The molecule has 0 N–H and O–H groups in total. The van der Waals surface area contributed by atoms with E-state index in [4.69, 9.17) is 9.47 Å². The van der Waals surface area contributed by atoms with Crippen LogP contribution >= 0.6 is 11.8 Å². The summed E-state index contributed by atoms with van der Waals surface area (Å²) >= 11 is 1.94. The molecule has 0 saturated heterocycles. The molecule has 0 bridgehead atoms. The van der Waals surface area contributed by atoms with Crippen molar-refractivity contribution >= 4 is 11.8 Å². The predicted octanol–water partition coefficient (Wildman–Crippen LogP) is 2.60. The Bertz CT molecular complexity index is 382. The van der Waals surface area contributed by atoms with E-state index in [-0.39, 0.29) is 6.29 Å². The van der Waals surface area contributed by atoms with Gasteiger partial charge in [-0.25, -0.2) is 0 Å². The van der Waals surface area contributed by atoms with Crippen LogP contribution in [0.4, 0.5) is 0 Å². The van der Waals surface area contributed by atoms with Gasteiger partial charge in [-0.15, -0.1) is 11.8 Å². The quantitative estimate of drug-likeness (QED) is 0.782. The standard InChI is InChI=1S/C14H21NO2S/c1-11-10-18-13-7-5-4-6-12(13)8-15(11)9-14(16-2)17-3/h4-7,11,14H,8-10H2,1-3H3/t11-/m1/s1. The third-order valence-corrected chi connectivity index (χ3v) is 4.72. The van der Waals surface area contributed by atoms with Crippen molar-refractivity contribution in [3.05, 3.63) is 29.8 Å². The van der Waals surface area contributed by atoms with Gasteiger partial charge in [-0.3, -0.25) is 4.90 Å². The lowest BCUT2D eigenvalue weighted by Crippen LogP contribution is -2.40. The minimum atomic E-state index is -0.150. The normalized spacial score (nSPS) is 20.8. The maximum absolute atomic E-state index is 5.31. The molecule has 18 heavy (non-hydrogen) atoms. The van der Waals surface area contributed by atoms with Crippen LogP contribution in [0, 0.1) is 0 Å². The minimum Gasteiger partial charge on any atom is -0.355 e. The van der Waals surface area contributed by atoms with Crippen LogP contribution in [0.2, 0.25) is 0 Å². The van der Waals surface area contributed by atoms with Crippen molar-refractivity contribution in [3.63, 3.8) is 0 Å². The molecule has 0 radical (unpaired) electrons. The SMILES string of the molecule is COC(CN1Cc2ccccc2SC[C@H]1C)OC. The average Bonchev–Trinajstić information content (AvgIpc) is 2.56. The molecule has 0 aliphatic carbocycles. The van der Waals surface area contributed by atoms with E-state index in [2.05, 4.69) is 36.1 Å². The number of ether oxygens (including phenoxy) is 2. The van der Waals surface area contributed by atoms with Crippen LogP contribution in [0.1, 0.15) is 12.5 Å². The van der Waals surface area contributed by atoms with Crippen molar-refractivity contribution < 1.29 is 9.47 Å². The van der Waals surface area contributed by atoms with E-state index < -0.39 is 0 Å². The van der Waals surface area contributed by atoms with Gasteiger partial charge in [0, 0.05) is 37.5 Å². The van der Waals surface area contributed by atoms with Crippen LogP contribution in [0.3, 0.4) is 0 Å². The molecule has 1 aromatic rings. The van der Waals surface area contributed by atoms with Gasteiger partial charge in [-0.2, -0.15) is 0 Å². The van der Waals surface area contributed by atoms with Crippen molar-refractivity contribution in [2.75, 3.05) is 26.5 Å². The number of hydrogen-bond donors (Lipinski definition) is 0. The zero-order valence-corrected chi connectivity index (χ0v) is 12.1. The molecule has 4 heteroatoms. The maximum atomic E-state index is 5.31. The Balaban J connectivity index is 2.11. The van der Waals surface area contributed by atoms with Crippen molar-refractivity contribution in [1.29, 1.82) is 0 Å². The Morgan fingerprint density at radius 1 is 1.33 bits per heavy atom. The van der Waals surface area contributed by atoms with E-state index in [1.807, 2.05) is 11.8 Å². The summed E-state index contributed by atoms with van der Waals surface area (Å²) in [7, 11) is 3.39. The second-order valence-electron chi connectivity index (χ2n) is 4.60. The molecule has 1 aliphatic rings. The molecule has 1 aliphatic heterocycles. The van der Waals surface area contributed by atoms with E-state index in [1.54, 1.807) is 14.2 Å². The summed E-state index contributed by atoms with van der Waals surface area (Å²) in [5.74, 6) is 1.11. The van der Waals surface area contributed by atoms with E-state index >= 15 is 0 Å². The van der Waals surface area contributed by atoms with Crippen LogP contribution in [0.5, 0.6) is 0 Å². The molecular weight excluding hydrogens is 246 g/mol. The summed E-state index contributed by atoms with van der Waals surface area (Å²) in [5.41, 5.74) is 1.40. The van der Waals surface area contributed by atoms with Crippen molar-refractivity contribution in [2.45, 2.75) is 30.7 Å². The Kier molecular flexibility index (Phi) is 5.06. The van der Waals surface area contributed by atoms with Crippen LogP contribution in [0.15, 0.2) is 29.2 Å². The van der Waals surface area contributed by atoms with Gasteiger partial charge in [0.1, 0.15) is 0 Å². The lowest BCUT2D eigenvalue weighted by atomic mass is 10.2. The first kappa shape index (κ1) is 13.9. The molecule has 0 unspecified atom stereocenters. The number of rotatable bonds is 4. The van der Waals surface area contributed by atoms with E-state index in [9.17, 15) is 0 Å². The lowest BCUT2D eigenvalue weighted by molar-refractivity contribution is -0.120. The van der Waals surface area contributed by atoms with Gasteiger partial charge in [-0.1, -0.05) is 18.2 Å². The van der Waals surface area contributed by atoms with Gasteiger partial charge in [-0.05, 0) is 18.6 Å². The molecule has 1 atom stereocenters. The highest BCUT2D eigenvalue weighted by molar-refractivity contribution is 7.99. The number of thioether (sulfide) groups is 1.